The van der Waals surface area contributed by atoms with E-state index in [0.29, 0.717) is 31.7 Å². The number of fused-ring (bicyclic) bond motifs is 3. The van der Waals surface area contributed by atoms with E-state index >= 15 is 0 Å². The van der Waals surface area contributed by atoms with Crippen LogP contribution in [0.5, 0.6) is 5.75 Å². The zero-order valence-electron chi connectivity index (χ0n) is 19.8. The van der Waals surface area contributed by atoms with Crippen molar-refractivity contribution in [2.75, 3.05) is 36.5 Å². The van der Waals surface area contributed by atoms with E-state index in [2.05, 4.69) is 20.1 Å². The molecule has 0 unspecified atom stereocenters. The predicted octanol–water partition coefficient (Wildman–Crippen LogP) is 4.29. The molecule has 1 aromatic heterocycles. The average Bonchev–Trinajstić information content (AvgIpc) is 2.90. The molecule has 1 fully saturated rings. The minimum absolute atomic E-state index is 0.182. The molecule has 2 aliphatic heterocycles. The average molecular weight is 497 g/mol. The summed E-state index contributed by atoms with van der Waals surface area (Å²) in [6.07, 6.45) is -0.859. The van der Waals surface area contributed by atoms with Gasteiger partial charge in [-0.3, -0.25) is 9.78 Å². The molecule has 0 bridgehead atoms. The van der Waals surface area contributed by atoms with E-state index in [0.717, 1.165) is 28.8 Å². The third-order valence-corrected chi connectivity index (χ3v) is 6.99. The summed E-state index contributed by atoms with van der Waals surface area (Å²) in [6, 6.07) is 15.1. The standard InChI is InChI=1S/C27H27F3N4O2/c1-36-25-7-3-2-6-23(25)33-11-12-34-22-9-8-20(27(28,29)30)13-19(22)14-21(24(34)17-33)26(35)32-16-18-5-4-10-31-15-18/h2-10,13,15,21,24H,11-12,14,16-17H2,1H3,(H,32,35)/t21-,24+/m0/s1. The molecule has 0 radical (unpaired) electrons. The fraction of sp³-hybridized carbons (Fsp3) is 0.333. The molecule has 9 heteroatoms. The number of pyridine rings is 1. The SMILES string of the molecule is COc1ccccc1N1CCN2c3ccc(C(F)(F)F)cc3C[C@H](C(=O)NCc3cccnc3)[C@H]2C1. The van der Waals surface area contributed by atoms with Gasteiger partial charge in [-0.2, -0.15) is 13.2 Å². The molecule has 5 rings (SSSR count). The van der Waals surface area contributed by atoms with Gasteiger partial charge in [-0.05, 0) is 53.9 Å². The molecule has 0 aliphatic carbocycles. The molecule has 2 atom stereocenters. The molecule has 188 valence electrons. The normalized spacial score (nSPS) is 19.3. The highest BCUT2D eigenvalue weighted by molar-refractivity contribution is 5.82. The van der Waals surface area contributed by atoms with Crippen molar-refractivity contribution in [2.24, 2.45) is 5.92 Å². The summed E-state index contributed by atoms with van der Waals surface area (Å²) < 4.78 is 45.9. The summed E-state index contributed by atoms with van der Waals surface area (Å²) in [5.41, 5.74) is 2.42. The van der Waals surface area contributed by atoms with Gasteiger partial charge in [0.1, 0.15) is 5.75 Å². The lowest BCUT2D eigenvalue weighted by molar-refractivity contribution is -0.137. The molecule has 1 N–H and O–H groups in total. The number of nitrogens with zero attached hydrogens (tertiary/aromatic N) is 3. The second-order valence-electron chi connectivity index (χ2n) is 9.11. The van der Waals surface area contributed by atoms with Gasteiger partial charge in [0, 0.05) is 44.3 Å². The minimum Gasteiger partial charge on any atom is -0.495 e. The number of hydrogen-bond acceptors (Lipinski definition) is 5. The van der Waals surface area contributed by atoms with Crippen molar-refractivity contribution in [3.63, 3.8) is 0 Å². The molecule has 1 saturated heterocycles. The van der Waals surface area contributed by atoms with E-state index in [9.17, 15) is 18.0 Å². The summed E-state index contributed by atoms with van der Waals surface area (Å²) in [4.78, 5) is 21.8. The van der Waals surface area contributed by atoms with Crippen molar-refractivity contribution in [3.05, 3.63) is 83.7 Å². The number of aromatic nitrogens is 1. The summed E-state index contributed by atoms with van der Waals surface area (Å²) in [7, 11) is 1.62. The van der Waals surface area contributed by atoms with Gasteiger partial charge >= 0.3 is 6.18 Å². The van der Waals surface area contributed by atoms with Crippen LogP contribution in [-0.2, 0) is 23.9 Å². The van der Waals surface area contributed by atoms with Crippen LogP contribution in [-0.4, -0.2) is 43.7 Å². The Morgan fingerprint density at radius 2 is 1.94 bits per heavy atom. The maximum atomic E-state index is 13.5. The first kappa shape index (κ1) is 24.0. The summed E-state index contributed by atoms with van der Waals surface area (Å²) in [5, 5.41) is 2.98. The molecule has 6 nitrogen and oxygen atoms in total. The van der Waals surface area contributed by atoms with E-state index in [4.69, 9.17) is 4.74 Å². The maximum Gasteiger partial charge on any atom is 0.416 e. The van der Waals surface area contributed by atoms with Gasteiger partial charge in [0.15, 0.2) is 0 Å². The first-order chi connectivity index (χ1) is 17.3. The number of benzene rings is 2. The Balaban J connectivity index is 1.46. The van der Waals surface area contributed by atoms with Crippen LogP contribution >= 0.6 is 0 Å². The smallest absolute Gasteiger partial charge is 0.416 e. The largest absolute Gasteiger partial charge is 0.495 e. The third-order valence-electron chi connectivity index (χ3n) is 6.99. The molecule has 1 amide bonds. The van der Waals surface area contributed by atoms with E-state index in [1.165, 1.54) is 6.07 Å². The Bertz CT molecular complexity index is 1240. The van der Waals surface area contributed by atoms with Crippen LogP contribution in [0.1, 0.15) is 16.7 Å². The number of piperazine rings is 1. The number of hydrogen-bond donors (Lipinski definition) is 1. The number of rotatable bonds is 5. The fourth-order valence-electron chi connectivity index (χ4n) is 5.23. The number of anilines is 2. The number of methoxy groups -OCH3 is 1. The number of nitrogens with one attached hydrogen (secondary N) is 1. The number of ether oxygens (including phenoxy) is 1. The Kier molecular flexibility index (Phi) is 6.47. The van der Waals surface area contributed by atoms with E-state index in [1.807, 2.05) is 30.3 Å². The fourth-order valence-corrected chi connectivity index (χ4v) is 5.23. The highest BCUT2D eigenvalue weighted by Crippen LogP contribution is 2.41. The number of carbonyl (C=O) groups excluding carboxylic acids is 1. The molecule has 2 aliphatic rings. The molecule has 36 heavy (non-hydrogen) atoms. The lowest BCUT2D eigenvalue weighted by Crippen LogP contribution is -2.61. The van der Waals surface area contributed by atoms with Gasteiger partial charge in [0.05, 0.1) is 30.3 Å². The van der Waals surface area contributed by atoms with Gasteiger partial charge in [-0.1, -0.05) is 18.2 Å². The second-order valence-corrected chi connectivity index (χ2v) is 9.11. The first-order valence-corrected chi connectivity index (χ1v) is 11.9. The zero-order chi connectivity index (χ0) is 25.3. The van der Waals surface area contributed by atoms with Crippen molar-refractivity contribution in [1.29, 1.82) is 0 Å². The lowest BCUT2D eigenvalue weighted by Gasteiger charge is -2.49. The molecule has 0 spiro atoms. The highest BCUT2D eigenvalue weighted by atomic mass is 19.4. The van der Waals surface area contributed by atoms with E-state index < -0.39 is 17.7 Å². The van der Waals surface area contributed by atoms with Gasteiger partial charge < -0.3 is 19.9 Å². The molecule has 3 heterocycles. The first-order valence-electron chi connectivity index (χ1n) is 11.9. The topological polar surface area (TPSA) is 57.7 Å². The van der Waals surface area contributed by atoms with Gasteiger partial charge in [0.25, 0.3) is 0 Å². The van der Waals surface area contributed by atoms with Crippen LogP contribution in [0.25, 0.3) is 0 Å². The maximum absolute atomic E-state index is 13.5. The number of para-hydroxylation sites is 2. The number of halogens is 3. The molecular formula is C27H27F3N4O2. The molecule has 0 saturated carbocycles. The van der Waals surface area contributed by atoms with Crippen molar-refractivity contribution < 1.29 is 22.7 Å². The van der Waals surface area contributed by atoms with E-state index in [-0.39, 0.29) is 18.4 Å². The number of carbonyl (C=O) groups is 1. The van der Waals surface area contributed by atoms with E-state index in [1.54, 1.807) is 31.6 Å². The second kappa shape index (κ2) is 9.72. The Hall–Kier alpha value is -3.75. The van der Waals surface area contributed by atoms with Gasteiger partial charge in [-0.25, -0.2) is 0 Å². The van der Waals surface area contributed by atoms with Crippen molar-refractivity contribution >= 4 is 17.3 Å². The Morgan fingerprint density at radius 3 is 2.69 bits per heavy atom. The monoisotopic (exact) mass is 496 g/mol. The molecule has 2 aromatic carbocycles. The molecule has 3 aromatic rings. The van der Waals surface area contributed by atoms with Gasteiger partial charge in [-0.15, -0.1) is 0 Å². The Morgan fingerprint density at radius 1 is 1.11 bits per heavy atom. The van der Waals surface area contributed by atoms with Crippen LogP contribution in [0.2, 0.25) is 0 Å². The summed E-state index contributed by atoms with van der Waals surface area (Å²) in [6.45, 7) is 2.09. The summed E-state index contributed by atoms with van der Waals surface area (Å²) >= 11 is 0. The van der Waals surface area contributed by atoms with Crippen LogP contribution in [0, 0.1) is 5.92 Å². The van der Waals surface area contributed by atoms with Gasteiger partial charge in [0.2, 0.25) is 5.91 Å². The summed E-state index contributed by atoms with van der Waals surface area (Å²) in [5.74, 6) is 0.0449. The van der Waals surface area contributed by atoms with Crippen LogP contribution in [0.3, 0.4) is 0 Å². The zero-order valence-corrected chi connectivity index (χ0v) is 19.8. The predicted molar refractivity (Wildman–Crippen MR) is 131 cm³/mol. The third kappa shape index (κ3) is 4.69. The van der Waals surface area contributed by atoms with Crippen LogP contribution in [0.15, 0.2) is 67.0 Å². The molecular weight excluding hydrogens is 469 g/mol. The van der Waals surface area contributed by atoms with Crippen molar-refractivity contribution in [1.82, 2.24) is 10.3 Å². The lowest BCUT2D eigenvalue weighted by atomic mass is 9.82. The van der Waals surface area contributed by atoms with Crippen molar-refractivity contribution in [3.8, 4) is 5.75 Å². The number of alkyl halides is 3. The van der Waals surface area contributed by atoms with Crippen LogP contribution in [0.4, 0.5) is 24.5 Å². The number of amides is 1. The van der Waals surface area contributed by atoms with Crippen LogP contribution < -0.4 is 19.9 Å². The quantitative estimate of drug-likeness (QED) is 0.571. The minimum atomic E-state index is -4.44. The highest BCUT2D eigenvalue weighted by Gasteiger charge is 2.43. The van der Waals surface area contributed by atoms with Crippen molar-refractivity contribution in [2.45, 2.75) is 25.2 Å². The Labute approximate surface area is 207 Å².